The minimum Gasteiger partial charge on any atom is -0.396 e. The SMILES string of the molecule is CC(C)Sc1ccccc1C(=O)NC(CCO)C1CC1. The van der Waals surface area contributed by atoms with Crippen molar-refractivity contribution in [3.63, 3.8) is 0 Å². The number of carbonyl (C=O) groups excluding carboxylic acids is 1. The first kappa shape index (κ1) is 15.4. The Balaban J connectivity index is 2.07. The van der Waals surface area contributed by atoms with Gasteiger partial charge >= 0.3 is 0 Å². The molecule has 4 heteroatoms. The molecule has 0 saturated heterocycles. The van der Waals surface area contributed by atoms with Crippen molar-refractivity contribution in [3.05, 3.63) is 29.8 Å². The summed E-state index contributed by atoms with van der Waals surface area (Å²) in [5.41, 5.74) is 0.745. The van der Waals surface area contributed by atoms with E-state index in [1.165, 1.54) is 0 Å². The van der Waals surface area contributed by atoms with Crippen molar-refractivity contribution in [2.75, 3.05) is 6.61 Å². The summed E-state index contributed by atoms with van der Waals surface area (Å²) >= 11 is 1.71. The van der Waals surface area contributed by atoms with Crippen LogP contribution in [0.1, 0.15) is 43.5 Å². The van der Waals surface area contributed by atoms with Crippen molar-refractivity contribution in [3.8, 4) is 0 Å². The van der Waals surface area contributed by atoms with Gasteiger partial charge in [-0.15, -0.1) is 11.8 Å². The molecule has 3 nitrogen and oxygen atoms in total. The Morgan fingerprint density at radius 2 is 2.10 bits per heavy atom. The molecule has 1 saturated carbocycles. The van der Waals surface area contributed by atoms with Crippen molar-refractivity contribution in [1.82, 2.24) is 5.32 Å². The maximum absolute atomic E-state index is 12.5. The number of carbonyl (C=O) groups is 1. The lowest BCUT2D eigenvalue weighted by Gasteiger charge is -2.18. The van der Waals surface area contributed by atoms with Gasteiger partial charge in [0.15, 0.2) is 0 Å². The van der Waals surface area contributed by atoms with Gasteiger partial charge in [-0.3, -0.25) is 4.79 Å². The molecule has 2 N–H and O–H groups in total. The minimum atomic E-state index is -0.0147. The van der Waals surface area contributed by atoms with Gasteiger partial charge in [-0.25, -0.2) is 0 Å². The molecule has 0 aromatic heterocycles. The predicted molar refractivity (Wildman–Crippen MR) is 83.1 cm³/mol. The van der Waals surface area contributed by atoms with Gasteiger partial charge in [0.25, 0.3) is 5.91 Å². The fourth-order valence-electron chi connectivity index (χ4n) is 2.32. The monoisotopic (exact) mass is 293 g/mol. The lowest BCUT2D eigenvalue weighted by molar-refractivity contribution is 0.0921. The summed E-state index contributed by atoms with van der Waals surface area (Å²) in [6, 6.07) is 7.86. The normalized spacial score (nSPS) is 16.2. The second-order valence-electron chi connectivity index (χ2n) is 5.59. The van der Waals surface area contributed by atoms with Crippen LogP contribution in [0.4, 0.5) is 0 Å². The van der Waals surface area contributed by atoms with E-state index in [4.69, 9.17) is 5.11 Å². The van der Waals surface area contributed by atoms with Gasteiger partial charge in [-0.05, 0) is 37.3 Å². The topological polar surface area (TPSA) is 49.3 Å². The zero-order valence-corrected chi connectivity index (χ0v) is 13.0. The highest BCUT2D eigenvalue weighted by Gasteiger charge is 2.32. The van der Waals surface area contributed by atoms with Gasteiger partial charge in [0.2, 0.25) is 0 Å². The van der Waals surface area contributed by atoms with Crippen LogP contribution in [0.15, 0.2) is 29.2 Å². The molecule has 1 aromatic rings. The Morgan fingerprint density at radius 1 is 1.40 bits per heavy atom. The van der Waals surface area contributed by atoms with E-state index in [0.717, 1.165) is 23.3 Å². The van der Waals surface area contributed by atoms with E-state index in [1.807, 2.05) is 24.3 Å². The first-order chi connectivity index (χ1) is 9.61. The second kappa shape index (κ2) is 7.14. The van der Waals surface area contributed by atoms with Crippen LogP contribution in [0, 0.1) is 5.92 Å². The number of amides is 1. The molecule has 110 valence electrons. The average molecular weight is 293 g/mol. The highest BCUT2D eigenvalue weighted by atomic mass is 32.2. The number of nitrogens with one attached hydrogen (secondary N) is 1. The molecule has 1 aliphatic rings. The van der Waals surface area contributed by atoms with Crippen LogP contribution in [-0.2, 0) is 0 Å². The first-order valence-electron chi connectivity index (χ1n) is 7.29. The first-order valence-corrected chi connectivity index (χ1v) is 8.17. The fraction of sp³-hybridized carbons (Fsp3) is 0.562. The number of hydrogen-bond donors (Lipinski definition) is 2. The predicted octanol–water partition coefficient (Wildman–Crippen LogP) is 3.08. The van der Waals surface area contributed by atoms with Crippen LogP contribution in [0.2, 0.25) is 0 Å². The zero-order valence-electron chi connectivity index (χ0n) is 12.1. The van der Waals surface area contributed by atoms with Crippen LogP contribution in [0.3, 0.4) is 0 Å². The van der Waals surface area contributed by atoms with Crippen molar-refractivity contribution < 1.29 is 9.90 Å². The molecule has 1 aliphatic carbocycles. The number of aliphatic hydroxyl groups is 1. The summed E-state index contributed by atoms with van der Waals surface area (Å²) in [5, 5.41) is 12.7. The fourth-order valence-corrected chi connectivity index (χ4v) is 3.27. The Morgan fingerprint density at radius 3 is 2.70 bits per heavy atom. The molecule has 0 heterocycles. The van der Waals surface area contributed by atoms with Gasteiger partial charge in [0.1, 0.15) is 0 Å². The van der Waals surface area contributed by atoms with Crippen molar-refractivity contribution in [2.45, 2.75) is 49.3 Å². The Hall–Kier alpha value is -1.00. The summed E-state index contributed by atoms with van der Waals surface area (Å²) in [4.78, 5) is 13.5. The van der Waals surface area contributed by atoms with Gasteiger partial charge < -0.3 is 10.4 Å². The van der Waals surface area contributed by atoms with E-state index in [2.05, 4.69) is 19.2 Å². The molecule has 1 fully saturated rings. The van der Waals surface area contributed by atoms with Crippen molar-refractivity contribution in [2.24, 2.45) is 5.92 Å². The number of thioether (sulfide) groups is 1. The average Bonchev–Trinajstić information content (AvgIpc) is 3.22. The van der Waals surface area contributed by atoms with Crippen molar-refractivity contribution in [1.29, 1.82) is 0 Å². The van der Waals surface area contributed by atoms with Crippen LogP contribution in [0.5, 0.6) is 0 Å². The van der Waals surface area contributed by atoms with Crippen LogP contribution < -0.4 is 5.32 Å². The third-order valence-electron chi connectivity index (χ3n) is 3.44. The number of benzene rings is 1. The summed E-state index contributed by atoms with van der Waals surface area (Å²) in [7, 11) is 0. The lowest BCUT2D eigenvalue weighted by Crippen LogP contribution is -2.37. The molecule has 1 unspecified atom stereocenters. The standard InChI is InChI=1S/C16H23NO2S/c1-11(2)20-15-6-4-3-5-13(15)16(19)17-14(9-10-18)12-7-8-12/h3-6,11-12,14,18H,7-10H2,1-2H3,(H,17,19). The van der Waals surface area contributed by atoms with E-state index in [1.54, 1.807) is 11.8 Å². The largest absolute Gasteiger partial charge is 0.396 e. The third kappa shape index (κ3) is 4.25. The van der Waals surface area contributed by atoms with E-state index >= 15 is 0 Å². The Kier molecular flexibility index (Phi) is 5.49. The Labute approximate surface area is 125 Å². The molecule has 20 heavy (non-hydrogen) atoms. The van der Waals surface area contributed by atoms with Gasteiger partial charge in [0.05, 0.1) is 5.56 Å². The lowest BCUT2D eigenvalue weighted by atomic mass is 10.1. The number of rotatable bonds is 7. The summed E-state index contributed by atoms with van der Waals surface area (Å²) < 4.78 is 0. The molecule has 1 aromatic carbocycles. The summed E-state index contributed by atoms with van der Waals surface area (Å²) in [6.07, 6.45) is 2.97. The zero-order chi connectivity index (χ0) is 14.5. The summed E-state index contributed by atoms with van der Waals surface area (Å²) in [5.74, 6) is 0.537. The van der Waals surface area contributed by atoms with Gasteiger partial charge in [0, 0.05) is 22.8 Å². The van der Waals surface area contributed by atoms with Crippen molar-refractivity contribution >= 4 is 17.7 Å². The molecule has 0 spiro atoms. The van der Waals surface area contributed by atoms with Crippen LogP contribution >= 0.6 is 11.8 Å². The molecular formula is C16H23NO2S. The molecule has 1 amide bonds. The maximum atomic E-state index is 12.5. The van der Waals surface area contributed by atoms with Gasteiger partial charge in [-0.2, -0.15) is 0 Å². The highest BCUT2D eigenvalue weighted by Crippen LogP contribution is 2.34. The quantitative estimate of drug-likeness (QED) is 0.760. The second-order valence-corrected chi connectivity index (χ2v) is 7.21. The molecule has 0 aliphatic heterocycles. The third-order valence-corrected chi connectivity index (χ3v) is 4.52. The molecule has 1 atom stereocenters. The molecule has 0 bridgehead atoms. The van der Waals surface area contributed by atoms with E-state index in [9.17, 15) is 4.79 Å². The van der Waals surface area contributed by atoms with E-state index in [-0.39, 0.29) is 18.6 Å². The molecule has 0 radical (unpaired) electrons. The number of hydrogen-bond acceptors (Lipinski definition) is 3. The summed E-state index contributed by atoms with van der Waals surface area (Å²) in [6.45, 7) is 4.38. The molecular weight excluding hydrogens is 270 g/mol. The maximum Gasteiger partial charge on any atom is 0.252 e. The Bertz CT molecular complexity index is 458. The van der Waals surface area contributed by atoms with Crippen LogP contribution in [0.25, 0.3) is 0 Å². The minimum absolute atomic E-state index is 0.0147. The number of aliphatic hydroxyl groups excluding tert-OH is 1. The van der Waals surface area contributed by atoms with Gasteiger partial charge in [-0.1, -0.05) is 26.0 Å². The van der Waals surface area contributed by atoms with E-state index < -0.39 is 0 Å². The van der Waals surface area contributed by atoms with E-state index in [0.29, 0.717) is 17.6 Å². The smallest absolute Gasteiger partial charge is 0.252 e. The highest BCUT2D eigenvalue weighted by molar-refractivity contribution is 8.00. The molecule has 2 rings (SSSR count). The van der Waals surface area contributed by atoms with Crippen LogP contribution in [-0.4, -0.2) is 28.9 Å².